The Balaban J connectivity index is 2.02. The lowest BCUT2D eigenvalue weighted by molar-refractivity contribution is 0.101. The van der Waals surface area contributed by atoms with E-state index in [0.717, 1.165) is 18.8 Å². The average Bonchev–Trinajstić information content (AvgIpc) is 2.13. The number of pyridine rings is 1. The molecule has 1 atom stereocenters. The zero-order valence-electron chi connectivity index (χ0n) is 7.85. The van der Waals surface area contributed by atoms with E-state index in [0.29, 0.717) is 12.1 Å². The van der Waals surface area contributed by atoms with E-state index in [1.54, 1.807) is 0 Å². The summed E-state index contributed by atoms with van der Waals surface area (Å²) >= 11 is 0. The van der Waals surface area contributed by atoms with Crippen molar-refractivity contribution in [3.63, 3.8) is 0 Å². The smallest absolute Gasteiger partial charge is 0.0572 e. The van der Waals surface area contributed by atoms with Gasteiger partial charge in [-0.2, -0.15) is 0 Å². The number of nitrogens with two attached hydrogens (primary N) is 1. The molecule has 0 aromatic carbocycles. The van der Waals surface area contributed by atoms with E-state index < -0.39 is 0 Å². The van der Waals surface area contributed by atoms with Crippen LogP contribution in [0.3, 0.4) is 0 Å². The Kier molecular flexibility index (Phi) is 2.29. The lowest BCUT2D eigenvalue weighted by Crippen LogP contribution is -2.56. The van der Waals surface area contributed by atoms with Gasteiger partial charge in [0.25, 0.3) is 0 Å². The Morgan fingerprint density at radius 1 is 1.54 bits per heavy atom. The third-order valence-corrected chi connectivity index (χ3v) is 2.60. The fraction of sp³-hybridized carbons (Fsp3) is 0.500. The highest BCUT2D eigenvalue weighted by molar-refractivity contribution is 5.09. The van der Waals surface area contributed by atoms with Crippen LogP contribution in [0.1, 0.15) is 18.7 Å². The molecule has 70 valence electrons. The van der Waals surface area contributed by atoms with Gasteiger partial charge in [0.05, 0.1) is 5.69 Å². The summed E-state index contributed by atoms with van der Waals surface area (Å²) in [6, 6.07) is 6.80. The highest BCUT2D eigenvalue weighted by Crippen LogP contribution is 2.22. The molecular formula is C10H15N3. The van der Waals surface area contributed by atoms with Gasteiger partial charge in [-0.15, -0.1) is 0 Å². The standard InChI is InChI=1S/C10H15N3/c1-8(13-6-9(11)7-13)10-4-2-3-5-12-10/h2-5,8-9H,6-7,11H2,1H3. The number of rotatable bonds is 2. The molecule has 0 saturated carbocycles. The van der Waals surface area contributed by atoms with Gasteiger partial charge in [-0.25, -0.2) is 0 Å². The van der Waals surface area contributed by atoms with Crippen LogP contribution in [0.15, 0.2) is 24.4 Å². The van der Waals surface area contributed by atoms with Crippen LogP contribution in [0, 0.1) is 0 Å². The van der Waals surface area contributed by atoms with Gasteiger partial charge in [0.1, 0.15) is 0 Å². The Morgan fingerprint density at radius 3 is 2.85 bits per heavy atom. The first-order chi connectivity index (χ1) is 6.27. The molecule has 2 N–H and O–H groups in total. The molecule has 1 aromatic rings. The summed E-state index contributed by atoms with van der Waals surface area (Å²) in [6.45, 7) is 4.17. The molecule has 1 aromatic heterocycles. The first kappa shape index (κ1) is 8.66. The normalized spacial score (nSPS) is 21.1. The van der Waals surface area contributed by atoms with Crippen LogP contribution < -0.4 is 5.73 Å². The molecule has 3 nitrogen and oxygen atoms in total. The molecule has 0 radical (unpaired) electrons. The lowest BCUT2D eigenvalue weighted by atomic mass is 10.0. The summed E-state index contributed by atoms with van der Waals surface area (Å²) in [6.07, 6.45) is 1.84. The minimum absolute atomic E-state index is 0.367. The van der Waals surface area contributed by atoms with Crippen LogP contribution in [-0.2, 0) is 0 Å². The van der Waals surface area contributed by atoms with Gasteiger partial charge in [0.15, 0.2) is 0 Å². The molecule has 1 saturated heterocycles. The number of aromatic nitrogens is 1. The molecule has 0 spiro atoms. The van der Waals surface area contributed by atoms with Crippen molar-refractivity contribution < 1.29 is 0 Å². The maximum Gasteiger partial charge on any atom is 0.0572 e. The van der Waals surface area contributed by atoms with Gasteiger partial charge in [-0.3, -0.25) is 9.88 Å². The first-order valence-corrected chi connectivity index (χ1v) is 4.68. The van der Waals surface area contributed by atoms with Crippen molar-refractivity contribution in [2.45, 2.75) is 19.0 Å². The van der Waals surface area contributed by atoms with E-state index in [4.69, 9.17) is 5.73 Å². The van der Waals surface area contributed by atoms with Gasteiger partial charge < -0.3 is 5.73 Å². The Labute approximate surface area is 78.6 Å². The molecule has 0 bridgehead atoms. The number of nitrogens with zero attached hydrogens (tertiary/aromatic N) is 2. The van der Waals surface area contributed by atoms with E-state index in [-0.39, 0.29) is 0 Å². The van der Waals surface area contributed by atoms with E-state index in [1.165, 1.54) is 0 Å². The first-order valence-electron chi connectivity index (χ1n) is 4.68. The molecule has 0 amide bonds. The second kappa shape index (κ2) is 3.44. The van der Waals surface area contributed by atoms with Crippen LogP contribution in [0.5, 0.6) is 0 Å². The fourth-order valence-electron chi connectivity index (χ4n) is 1.68. The molecule has 1 aliphatic rings. The Hall–Kier alpha value is -0.930. The molecule has 0 aliphatic carbocycles. The van der Waals surface area contributed by atoms with Crippen molar-refractivity contribution in [3.05, 3.63) is 30.1 Å². The fourth-order valence-corrected chi connectivity index (χ4v) is 1.68. The molecule has 13 heavy (non-hydrogen) atoms. The Morgan fingerprint density at radius 2 is 2.31 bits per heavy atom. The predicted molar refractivity (Wildman–Crippen MR) is 52.2 cm³/mol. The second-order valence-electron chi connectivity index (χ2n) is 3.64. The van der Waals surface area contributed by atoms with E-state index in [1.807, 2.05) is 18.3 Å². The van der Waals surface area contributed by atoms with E-state index in [9.17, 15) is 0 Å². The number of likely N-dealkylation sites (tertiary alicyclic amines) is 1. The van der Waals surface area contributed by atoms with Crippen LogP contribution >= 0.6 is 0 Å². The summed E-state index contributed by atoms with van der Waals surface area (Å²) in [5, 5.41) is 0. The van der Waals surface area contributed by atoms with Crippen molar-refractivity contribution in [2.24, 2.45) is 5.73 Å². The van der Waals surface area contributed by atoms with Crippen LogP contribution in [-0.4, -0.2) is 29.0 Å². The van der Waals surface area contributed by atoms with Crippen molar-refractivity contribution in [2.75, 3.05) is 13.1 Å². The predicted octanol–water partition coefficient (Wildman–Crippen LogP) is 0.785. The average molecular weight is 177 g/mol. The summed E-state index contributed by atoms with van der Waals surface area (Å²) in [5.41, 5.74) is 6.86. The largest absolute Gasteiger partial charge is 0.325 e. The van der Waals surface area contributed by atoms with Gasteiger partial charge in [-0.05, 0) is 19.1 Å². The van der Waals surface area contributed by atoms with Crippen molar-refractivity contribution in [1.82, 2.24) is 9.88 Å². The molecule has 1 fully saturated rings. The SMILES string of the molecule is CC(c1ccccn1)N1CC(N)C1. The molecule has 1 unspecified atom stereocenters. The highest BCUT2D eigenvalue weighted by atomic mass is 15.2. The van der Waals surface area contributed by atoms with Gasteiger partial charge in [0.2, 0.25) is 0 Å². The molecule has 2 heterocycles. The summed E-state index contributed by atoms with van der Waals surface area (Å²) < 4.78 is 0. The van der Waals surface area contributed by atoms with Crippen LogP contribution in [0.2, 0.25) is 0 Å². The zero-order chi connectivity index (χ0) is 9.26. The van der Waals surface area contributed by atoms with Gasteiger partial charge in [-0.1, -0.05) is 6.07 Å². The quantitative estimate of drug-likeness (QED) is 0.726. The van der Waals surface area contributed by atoms with E-state index in [2.05, 4.69) is 22.9 Å². The molecular weight excluding hydrogens is 162 g/mol. The van der Waals surface area contributed by atoms with Crippen molar-refractivity contribution >= 4 is 0 Å². The summed E-state index contributed by atoms with van der Waals surface area (Å²) in [5.74, 6) is 0. The third-order valence-electron chi connectivity index (χ3n) is 2.60. The molecule has 1 aliphatic heterocycles. The monoisotopic (exact) mass is 177 g/mol. The third kappa shape index (κ3) is 1.71. The number of hydrogen-bond donors (Lipinski definition) is 1. The van der Waals surface area contributed by atoms with Gasteiger partial charge in [0, 0.05) is 31.4 Å². The number of hydrogen-bond acceptors (Lipinski definition) is 3. The summed E-state index contributed by atoms with van der Waals surface area (Å²) in [4.78, 5) is 6.66. The van der Waals surface area contributed by atoms with Crippen molar-refractivity contribution in [3.8, 4) is 0 Å². The summed E-state index contributed by atoms with van der Waals surface area (Å²) in [7, 11) is 0. The maximum atomic E-state index is 5.72. The van der Waals surface area contributed by atoms with E-state index >= 15 is 0 Å². The topological polar surface area (TPSA) is 42.2 Å². The van der Waals surface area contributed by atoms with Gasteiger partial charge >= 0.3 is 0 Å². The highest BCUT2D eigenvalue weighted by Gasteiger charge is 2.28. The zero-order valence-corrected chi connectivity index (χ0v) is 7.85. The van der Waals surface area contributed by atoms with Crippen LogP contribution in [0.4, 0.5) is 0 Å². The lowest BCUT2D eigenvalue weighted by Gasteiger charge is -2.40. The van der Waals surface area contributed by atoms with Crippen molar-refractivity contribution in [1.29, 1.82) is 0 Å². The maximum absolute atomic E-state index is 5.72. The molecule has 2 rings (SSSR count). The van der Waals surface area contributed by atoms with Crippen LogP contribution in [0.25, 0.3) is 0 Å². The minimum atomic E-state index is 0.367. The minimum Gasteiger partial charge on any atom is -0.325 e. The Bertz CT molecular complexity index is 267. The molecule has 3 heteroatoms. The second-order valence-corrected chi connectivity index (χ2v) is 3.64.